The van der Waals surface area contributed by atoms with E-state index in [0.717, 1.165) is 36.1 Å². The number of hydrogen-bond donors (Lipinski definition) is 6. The Morgan fingerprint density at radius 1 is 1.25 bits per heavy atom. The lowest BCUT2D eigenvalue weighted by Gasteiger charge is -2.18. The van der Waals surface area contributed by atoms with E-state index >= 15 is 0 Å². The second-order valence-electron chi connectivity index (χ2n) is 6.49. The SMILES string of the molecule is NCCCCCCNP(=O)(O)OC[C@H]1O[C@@H](n2ccc(=O)[nH]c2=O)[C@H](O)[C@@H]1O. The molecule has 5 atom stereocenters. The molecule has 12 nitrogen and oxygen atoms in total. The van der Waals surface area contributed by atoms with Crippen molar-refractivity contribution in [1.82, 2.24) is 14.6 Å². The summed E-state index contributed by atoms with van der Waals surface area (Å²) in [5.74, 6) is 0. The summed E-state index contributed by atoms with van der Waals surface area (Å²) >= 11 is 0. The Balaban J connectivity index is 1.86. The first kappa shape index (κ1) is 22.9. The van der Waals surface area contributed by atoms with Crippen molar-refractivity contribution in [3.63, 3.8) is 0 Å². The molecule has 2 rings (SSSR count). The molecule has 0 spiro atoms. The molecule has 0 aromatic carbocycles. The van der Waals surface area contributed by atoms with E-state index in [-0.39, 0.29) is 6.54 Å². The molecule has 0 radical (unpaired) electrons. The molecule has 0 aliphatic carbocycles. The van der Waals surface area contributed by atoms with Crippen LogP contribution in [-0.4, -0.2) is 62.7 Å². The molecule has 1 aliphatic heterocycles. The van der Waals surface area contributed by atoms with Crippen molar-refractivity contribution < 1.29 is 28.9 Å². The smallest absolute Gasteiger partial charge is 0.387 e. The fourth-order valence-corrected chi connectivity index (χ4v) is 3.67. The van der Waals surface area contributed by atoms with E-state index in [4.69, 9.17) is 15.0 Å². The first-order valence-corrected chi connectivity index (χ1v) is 10.6. The number of aromatic amines is 1. The van der Waals surface area contributed by atoms with Gasteiger partial charge in [-0.3, -0.25) is 18.9 Å². The van der Waals surface area contributed by atoms with Crippen LogP contribution in [0.5, 0.6) is 0 Å². The predicted molar refractivity (Wildman–Crippen MR) is 98.5 cm³/mol. The Bertz CT molecular complexity index is 784. The number of aliphatic hydroxyl groups excluding tert-OH is 2. The molecule has 1 saturated heterocycles. The third-order valence-corrected chi connectivity index (χ3v) is 5.44. The van der Waals surface area contributed by atoms with Crippen LogP contribution >= 0.6 is 7.75 Å². The van der Waals surface area contributed by atoms with Gasteiger partial charge in [0, 0.05) is 18.8 Å². The maximum absolute atomic E-state index is 12.0. The van der Waals surface area contributed by atoms with Crippen molar-refractivity contribution in [2.24, 2.45) is 5.73 Å². The van der Waals surface area contributed by atoms with Crippen molar-refractivity contribution in [2.75, 3.05) is 19.7 Å². The van der Waals surface area contributed by atoms with Gasteiger partial charge in [-0.05, 0) is 19.4 Å². The van der Waals surface area contributed by atoms with Gasteiger partial charge in [0.1, 0.15) is 18.3 Å². The number of nitrogens with zero attached hydrogens (tertiary/aromatic N) is 1. The fourth-order valence-electron chi connectivity index (χ4n) is 2.79. The molecule has 0 saturated carbocycles. The van der Waals surface area contributed by atoms with Gasteiger partial charge in [-0.15, -0.1) is 0 Å². The van der Waals surface area contributed by atoms with E-state index in [2.05, 4.69) is 5.09 Å². The zero-order valence-corrected chi connectivity index (χ0v) is 16.2. The van der Waals surface area contributed by atoms with Crippen LogP contribution < -0.4 is 22.1 Å². The minimum absolute atomic E-state index is 0.268. The standard InChI is InChI=1S/C15H27N4O8P/c16-6-3-1-2-4-7-17-28(24,25)26-9-10-12(21)13(22)14(27-10)19-8-5-11(20)18-15(19)23/h5,8,10,12-14,21-22H,1-4,6-7,9,16H2,(H2,17,24,25)(H,18,20,23)/t10-,12-,13-,14-/m1/s1. The summed E-state index contributed by atoms with van der Waals surface area (Å²) in [6.45, 7) is 0.391. The van der Waals surface area contributed by atoms with Gasteiger partial charge in [0.25, 0.3) is 5.56 Å². The lowest BCUT2D eigenvalue weighted by molar-refractivity contribution is -0.0528. The van der Waals surface area contributed by atoms with Crippen molar-refractivity contribution in [1.29, 1.82) is 0 Å². The second kappa shape index (κ2) is 10.4. The summed E-state index contributed by atoms with van der Waals surface area (Å²) in [4.78, 5) is 34.7. The highest BCUT2D eigenvalue weighted by molar-refractivity contribution is 7.50. The van der Waals surface area contributed by atoms with Crippen LogP contribution in [0, 0.1) is 0 Å². The van der Waals surface area contributed by atoms with E-state index in [1.807, 2.05) is 4.98 Å². The van der Waals surface area contributed by atoms with Crippen molar-refractivity contribution in [2.45, 2.75) is 50.2 Å². The van der Waals surface area contributed by atoms with Crippen molar-refractivity contribution in [3.8, 4) is 0 Å². The monoisotopic (exact) mass is 422 g/mol. The first-order valence-electron chi connectivity index (χ1n) is 9.01. The van der Waals surface area contributed by atoms with Gasteiger partial charge in [0.15, 0.2) is 6.23 Å². The third-order valence-electron chi connectivity index (χ3n) is 4.32. The minimum atomic E-state index is -4.12. The zero-order chi connectivity index (χ0) is 20.7. The number of hydrogen-bond acceptors (Lipinski definition) is 8. The quantitative estimate of drug-likeness (QED) is 0.179. The number of unbranched alkanes of at least 4 members (excludes halogenated alkanes) is 3. The Morgan fingerprint density at radius 3 is 2.64 bits per heavy atom. The molecule has 2 heterocycles. The number of ether oxygens (including phenoxy) is 1. The highest BCUT2D eigenvalue weighted by atomic mass is 31.2. The van der Waals surface area contributed by atoms with Crippen LogP contribution in [0.4, 0.5) is 0 Å². The van der Waals surface area contributed by atoms with E-state index in [9.17, 15) is 29.3 Å². The molecular weight excluding hydrogens is 395 g/mol. The molecule has 13 heteroatoms. The molecule has 1 fully saturated rings. The van der Waals surface area contributed by atoms with Gasteiger partial charge in [-0.2, -0.15) is 0 Å². The number of H-pyrrole nitrogens is 1. The van der Waals surface area contributed by atoms with Crippen LogP contribution in [-0.2, 0) is 13.8 Å². The second-order valence-corrected chi connectivity index (χ2v) is 8.11. The molecule has 28 heavy (non-hydrogen) atoms. The Morgan fingerprint density at radius 2 is 1.96 bits per heavy atom. The Kier molecular flexibility index (Phi) is 8.53. The Labute approximate surface area is 160 Å². The average molecular weight is 422 g/mol. The van der Waals surface area contributed by atoms with Crippen LogP contribution in [0.25, 0.3) is 0 Å². The molecule has 1 aliphatic rings. The summed E-state index contributed by atoms with van der Waals surface area (Å²) < 4.78 is 23.2. The van der Waals surface area contributed by atoms with E-state index < -0.39 is 50.1 Å². The van der Waals surface area contributed by atoms with E-state index in [0.29, 0.717) is 13.0 Å². The number of nitrogens with two attached hydrogens (primary N) is 1. The van der Waals surface area contributed by atoms with Crippen LogP contribution in [0.2, 0.25) is 0 Å². The van der Waals surface area contributed by atoms with Gasteiger partial charge in [0.2, 0.25) is 0 Å². The average Bonchev–Trinajstić information content (AvgIpc) is 2.91. The molecule has 7 N–H and O–H groups in total. The zero-order valence-electron chi connectivity index (χ0n) is 15.3. The first-order chi connectivity index (χ1) is 13.2. The van der Waals surface area contributed by atoms with Crippen molar-refractivity contribution in [3.05, 3.63) is 33.1 Å². The topological polar surface area (TPSA) is 189 Å². The fraction of sp³-hybridized carbons (Fsp3) is 0.733. The normalized spacial score (nSPS) is 27.0. The maximum atomic E-state index is 12.0. The van der Waals surface area contributed by atoms with Crippen LogP contribution in [0.15, 0.2) is 21.9 Å². The van der Waals surface area contributed by atoms with Crippen LogP contribution in [0.3, 0.4) is 0 Å². The minimum Gasteiger partial charge on any atom is -0.387 e. The van der Waals surface area contributed by atoms with Gasteiger partial charge in [0.05, 0.1) is 6.61 Å². The molecule has 0 bridgehead atoms. The lowest BCUT2D eigenvalue weighted by atomic mass is 10.1. The van der Waals surface area contributed by atoms with Crippen LogP contribution in [0.1, 0.15) is 31.9 Å². The summed E-state index contributed by atoms with van der Waals surface area (Å²) in [5.41, 5.74) is 3.94. The highest BCUT2D eigenvalue weighted by Crippen LogP contribution is 2.38. The lowest BCUT2D eigenvalue weighted by Crippen LogP contribution is -2.37. The van der Waals surface area contributed by atoms with E-state index in [1.165, 1.54) is 0 Å². The maximum Gasteiger partial charge on any atom is 0.403 e. The summed E-state index contributed by atoms with van der Waals surface area (Å²) in [7, 11) is -4.12. The molecule has 0 amide bonds. The number of rotatable bonds is 11. The van der Waals surface area contributed by atoms with E-state index in [1.54, 1.807) is 0 Å². The molecule has 1 aromatic heterocycles. The number of nitrogens with one attached hydrogen (secondary N) is 2. The highest BCUT2D eigenvalue weighted by Gasteiger charge is 2.45. The predicted octanol–water partition coefficient (Wildman–Crippen LogP) is -1.62. The van der Waals surface area contributed by atoms with Gasteiger partial charge in [-0.25, -0.2) is 14.4 Å². The summed E-state index contributed by atoms with van der Waals surface area (Å²) in [6, 6.07) is 1.06. The molecular formula is C15H27N4O8P. The van der Waals surface area contributed by atoms with Crippen molar-refractivity contribution >= 4 is 7.75 Å². The molecule has 160 valence electrons. The van der Waals surface area contributed by atoms with Gasteiger partial charge < -0.3 is 25.6 Å². The number of aliphatic hydroxyl groups is 2. The Hall–Kier alpha value is -1.37. The number of aromatic nitrogens is 2. The van der Waals surface area contributed by atoms with Gasteiger partial charge >= 0.3 is 13.4 Å². The molecule has 1 aromatic rings. The summed E-state index contributed by atoms with van der Waals surface area (Å²) in [6.07, 6.45) is -0.901. The van der Waals surface area contributed by atoms with Gasteiger partial charge in [-0.1, -0.05) is 12.8 Å². The molecule has 1 unspecified atom stereocenters. The largest absolute Gasteiger partial charge is 0.403 e. The summed E-state index contributed by atoms with van der Waals surface area (Å²) in [5, 5.41) is 22.6. The third kappa shape index (κ3) is 6.33.